The molecule has 21 heavy (non-hydrogen) atoms. The summed E-state index contributed by atoms with van der Waals surface area (Å²) in [6.45, 7) is 2.61. The van der Waals surface area contributed by atoms with Gasteiger partial charge in [0.15, 0.2) is 0 Å². The molecule has 0 spiro atoms. The number of hydrogen-bond acceptors (Lipinski definition) is 4. The summed E-state index contributed by atoms with van der Waals surface area (Å²) in [5.74, 6) is 1.06. The molecule has 0 aliphatic heterocycles. The van der Waals surface area contributed by atoms with E-state index >= 15 is 0 Å². The van der Waals surface area contributed by atoms with E-state index in [9.17, 15) is 0 Å². The van der Waals surface area contributed by atoms with Gasteiger partial charge in [-0.2, -0.15) is 0 Å². The van der Waals surface area contributed by atoms with E-state index in [0.29, 0.717) is 0 Å². The predicted molar refractivity (Wildman–Crippen MR) is 88.5 cm³/mol. The number of hydrogen-bond donors (Lipinski definition) is 1. The van der Waals surface area contributed by atoms with E-state index in [1.807, 2.05) is 19.2 Å². The molecule has 0 saturated heterocycles. The average Bonchev–Trinajstić information content (AvgIpc) is 3.08. The number of nitrogens with zero attached hydrogens (tertiary/aromatic N) is 1. The number of benzene rings is 1. The maximum Gasteiger partial charge on any atom is 0.134 e. The average molecular weight is 300 g/mol. The van der Waals surface area contributed by atoms with Crippen molar-refractivity contribution in [2.24, 2.45) is 0 Å². The number of thiophene rings is 1. The molecule has 0 aliphatic rings. The zero-order chi connectivity index (χ0) is 14.7. The molecule has 3 rings (SSSR count). The van der Waals surface area contributed by atoms with Gasteiger partial charge in [0.05, 0.1) is 6.54 Å². The summed E-state index contributed by atoms with van der Waals surface area (Å²) in [5.41, 5.74) is 2.24. The summed E-state index contributed by atoms with van der Waals surface area (Å²) in [4.78, 5) is 3.67. The highest BCUT2D eigenvalue weighted by molar-refractivity contribution is 7.09. The van der Waals surface area contributed by atoms with Crippen molar-refractivity contribution < 1.29 is 4.42 Å². The van der Waals surface area contributed by atoms with Gasteiger partial charge in [0.1, 0.15) is 11.3 Å². The summed E-state index contributed by atoms with van der Waals surface area (Å²) < 4.78 is 6.06. The Morgan fingerprint density at radius 3 is 2.76 bits per heavy atom. The molecule has 0 unspecified atom stereocenters. The highest BCUT2D eigenvalue weighted by atomic mass is 32.1. The Labute approximate surface area is 129 Å². The first-order valence-corrected chi connectivity index (χ1v) is 8.00. The molecule has 0 fully saturated rings. The Morgan fingerprint density at radius 2 is 2.00 bits per heavy atom. The van der Waals surface area contributed by atoms with Crippen LogP contribution >= 0.6 is 11.3 Å². The van der Waals surface area contributed by atoms with Crippen LogP contribution in [0.4, 0.5) is 0 Å². The molecule has 0 atom stereocenters. The van der Waals surface area contributed by atoms with Crippen molar-refractivity contribution in [3.63, 3.8) is 0 Å². The molecule has 2 heterocycles. The van der Waals surface area contributed by atoms with Gasteiger partial charge in [-0.1, -0.05) is 24.3 Å². The van der Waals surface area contributed by atoms with Gasteiger partial charge < -0.3 is 9.73 Å². The molecule has 2 aromatic heterocycles. The Bertz CT molecular complexity index is 703. The Hall–Kier alpha value is -1.62. The smallest absolute Gasteiger partial charge is 0.134 e. The van der Waals surface area contributed by atoms with Crippen LogP contribution in [0.25, 0.3) is 11.0 Å². The van der Waals surface area contributed by atoms with E-state index in [4.69, 9.17) is 4.42 Å². The largest absolute Gasteiger partial charge is 0.459 e. The Balaban J connectivity index is 1.83. The van der Waals surface area contributed by atoms with Crippen molar-refractivity contribution in [3.8, 4) is 0 Å². The molecule has 3 nitrogen and oxygen atoms in total. The van der Waals surface area contributed by atoms with Crippen molar-refractivity contribution in [1.29, 1.82) is 0 Å². The second-order valence-electron chi connectivity index (χ2n) is 5.28. The van der Waals surface area contributed by atoms with Gasteiger partial charge in [-0.25, -0.2) is 0 Å². The highest BCUT2D eigenvalue weighted by Gasteiger charge is 2.15. The van der Waals surface area contributed by atoms with Crippen LogP contribution in [0.3, 0.4) is 0 Å². The number of para-hydroxylation sites is 1. The molecule has 0 aliphatic carbocycles. The monoisotopic (exact) mass is 300 g/mol. The van der Waals surface area contributed by atoms with Gasteiger partial charge in [0.2, 0.25) is 0 Å². The minimum Gasteiger partial charge on any atom is -0.459 e. The summed E-state index contributed by atoms with van der Waals surface area (Å²) in [5, 5.41) is 6.58. The van der Waals surface area contributed by atoms with E-state index in [0.717, 1.165) is 31.0 Å². The van der Waals surface area contributed by atoms with Crippen LogP contribution in [-0.2, 0) is 19.6 Å². The van der Waals surface area contributed by atoms with Crippen molar-refractivity contribution in [2.75, 3.05) is 14.1 Å². The van der Waals surface area contributed by atoms with Crippen LogP contribution in [0.2, 0.25) is 0 Å². The molecule has 1 N–H and O–H groups in total. The molecule has 3 aromatic rings. The summed E-state index contributed by atoms with van der Waals surface area (Å²) in [6, 6.07) is 12.5. The van der Waals surface area contributed by atoms with Crippen LogP contribution in [0.5, 0.6) is 0 Å². The minimum atomic E-state index is 0.823. The van der Waals surface area contributed by atoms with Crippen LogP contribution in [0.15, 0.2) is 46.2 Å². The van der Waals surface area contributed by atoms with Crippen LogP contribution in [0, 0.1) is 0 Å². The number of furan rings is 1. The Kier molecular flexibility index (Phi) is 4.39. The van der Waals surface area contributed by atoms with Crippen LogP contribution in [-0.4, -0.2) is 19.0 Å². The molecule has 0 saturated carbocycles. The van der Waals surface area contributed by atoms with Gasteiger partial charge in [-0.05, 0) is 31.6 Å². The normalized spacial score (nSPS) is 11.6. The van der Waals surface area contributed by atoms with Crippen molar-refractivity contribution in [2.45, 2.75) is 19.6 Å². The second-order valence-corrected chi connectivity index (χ2v) is 6.31. The van der Waals surface area contributed by atoms with Gasteiger partial charge >= 0.3 is 0 Å². The first-order chi connectivity index (χ1) is 10.3. The van der Waals surface area contributed by atoms with Gasteiger partial charge in [0, 0.05) is 28.9 Å². The van der Waals surface area contributed by atoms with Gasteiger partial charge in [-0.3, -0.25) is 4.90 Å². The van der Waals surface area contributed by atoms with E-state index in [1.165, 1.54) is 15.8 Å². The van der Waals surface area contributed by atoms with Gasteiger partial charge in [-0.15, -0.1) is 11.3 Å². The number of rotatable bonds is 6. The number of fused-ring (bicyclic) bond motifs is 1. The third-order valence-electron chi connectivity index (χ3n) is 3.55. The lowest BCUT2D eigenvalue weighted by Gasteiger charge is -2.15. The number of nitrogens with one attached hydrogen (secondary N) is 1. The fourth-order valence-electron chi connectivity index (χ4n) is 2.62. The summed E-state index contributed by atoms with van der Waals surface area (Å²) >= 11 is 1.80. The minimum absolute atomic E-state index is 0.823. The zero-order valence-electron chi connectivity index (χ0n) is 12.4. The van der Waals surface area contributed by atoms with E-state index in [-0.39, 0.29) is 0 Å². The lowest BCUT2D eigenvalue weighted by molar-refractivity contribution is 0.292. The Morgan fingerprint density at radius 1 is 1.14 bits per heavy atom. The third-order valence-corrected chi connectivity index (χ3v) is 4.42. The van der Waals surface area contributed by atoms with Crippen molar-refractivity contribution >= 4 is 22.3 Å². The molecule has 1 aromatic carbocycles. The SMILES string of the molecule is CNCc1c(CN(C)Cc2cccs2)oc2ccccc12. The molecular weight excluding hydrogens is 280 g/mol. The lowest BCUT2D eigenvalue weighted by atomic mass is 10.1. The standard InChI is InChI=1S/C17H20N2OS/c1-18-10-15-14-7-3-4-8-16(14)20-17(15)12-19(2)11-13-6-5-9-21-13/h3-9,18H,10-12H2,1-2H3. The zero-order valence-corrected chi connectivity index (χ0v) is 13.2. The van der Waals surface area contributed by atoms with Crippen molar-refractivity contribution in [3.05, 3.63) is 58.0 Å². The van der Waals surface area contributed by atoms with Crippen LogP contribution < -0.4 is 5.32 Å². The van der Waals surface area contributed by atoms with E-state index in [2.05, 4.69) is 46.9 Å². The second kappa shape index (κ2) is 6.43. The third kappa shape index (κ3) is 3.18. The molecule has 0 bridgehead atoms. The first kappa shape index (κ1) is 14.3. The fourth-order valence-corrected chi connectivity index (χ4v) is 3.40. The maximum absolute atomic E-state index is 6.06. The topological polar surface area (TPSA) is 28.4 Å². The summed E-state index contributed by atoms with van der Waals surface area (Å²) in [7, 11) is 4.11. The van der Waals surface area contributed by atoms with Crippen LogP contribution in [0.1, 0.15) is 16.2 Å². The predicted octanol–water partition coefficient (Wildman–Crippen LogP) is 3.85. The van der Waals surface area contributed by atoms with E-state index in [1.54, 1.807) is 11.3 Å². The van der Waals surface area contributed by atoms with Crippen molar-refractivity contribution in [1.82, 2.24) is 10.2 Å². The summed E-state index contributed by atoms with van der Waals surface area (Å²) in [6.07, 6.45) is 0. The molecule has 0 radical (unpaired) electrons. The maximum atomic E-state index is 6.06. The molecule has 4 heteroatoms. The quantitative estimate of drug-likeness (QED) is 0.749. The lowest BCUT2D eigenvalue weighted by Crippen LogP contribution is -2.18. The fraction of sp³-hybridized carbons (Fsp3) is 0.294. The molecular formula is C17H20N2OS. The molecule has 110 valence electrons. The van der Waals surface area contributed by atoms with Gasteiger partial charge in [0.25, 0.3) is 0 Å². The highest BCUT2D eigenvalue weighted by Crippen LogP contribution is 2.27. The first-order valence-electron chi connectivity index (χ1n) is 7.12. The molecule has 0 amide bonds. The van der Waals surface area contributed by atoms with E-state index < -0.39 is 0 Å².